The van der Waals surface area contributed by atoms with Crippen LogP contribution in [0.25, 0.3) is 10.8 Å². The molecule has 6 nitrogen and oxygen atoms in total. The predicted molar refractivity (Wildman–Crippen MR) is 132 cm³/mol. The van der Waals surface area contributed by atoms with Crippen LogP contribution in [0.15, 0.2) is 54.7 Å². The second-order valence-electron chi connectivity index (χ2n) is 9.09. The Hall–Kier alpha value is -3.41. The molecule has 170 valence electrons. The summed E-state index contributed by atoms with van der Waals surface area (Å²) in [5, 5.41) is 7.94. The van der Waals surface area contributed by atoms with Gasteiger partial charge >= 0.3 is 0 Å². The molecule has 2 amide bonds. The number of pyridine rings is 1. The molecular formula is C27H30N4O2. The standard InChI is InChI=1S/C27H30N4O2/c32-26(22-13-14-24(31-16-7-17-31)21-11-5-4-10-20(21)22)30-23-12-6-15-28-25(23)27(33)29-18-19-8-2-1-3-9-19/h4-6,10-15,19H,1-3,7-9,16-18H2,(H,29,33)(H,30,32). The van der Waals surface area contributed by atoms with Crippen molar-refractivity contribution in [1.29, 1.82) is 0 Å². The van der Waals surface area contributed by atoms with Crippen molar-refractivity contribution >= 4 is 34.0 Å². The number of hydrogen-bond acceptors (Lipinski definition) is 4. The summed E-state index contributed by atoms with van der Waals surface area (Å²) in [4.78, 5) is 32.8. The fourth-order valence-corrected chi connectivity index (χ4v) is 4.90. The number of anilines is 2. The Morgan fingerprint density at radius 2 is 1.67 bits per heavy atom. The highest BCUT2D eigenvalue weighted by atomic mass is 16.2. The van der Waals surface area contributed by atoms with Gasteiger partial charge in [0.25, 0.3) is 11.8 Å². The van der Waals surface area contributed by atoms with Crippen LogP contribution in [-0.2, 0) is 0 Å². The SMILES string of the molecule is O=C(NCC1CCCCC1)c1ncccc1NC(=O)c1ccc(N2CCC2)c2ccccc12. The second kappa shape index (κ2) is 9.61. The number of carbonyl (C=O) groups is 2. The molecule has 0 unspecified atom stereocenters. The van der Waals surface area contributed by atoms with Crippen LogP contribution in [0.3, 0.4) is 0 Å². The molecule has 2 aliphatic rings. The topological polar surface area (TPSA) is 74.3 Å². The Morgan fingerprint density at radius 1 is 0.879 bits per heavy atom. The number of fused-ring (bicyclic) bond motifs is 1. The van der Waals surface area contributed by atoms with E-state index in [2.05, 4.69) is 26.6 Å². The van der Waals surface area contributed by atoms with Crippen molar-refractivity contribution in [3.63, 3.8) is 0 Å². The summed E-state index contributed by atoms with van der Waals surface area (Å²) in [6.45, 7) is 2.75. The van der Waals surface area contributed by atoms with Crippen LogP contribution in [0.2, 0.25) is 0 Å². The average Bonchev–Trinajstić information content (AvgIpc) is 2.82. The predicted octanol–water partition coefficient (Wildman–Crippen LogP) is 5.01. The zero-order valence-electron chi connectivity index (χ0n) is 18.8. The van der Waals surface area contributed by atoms with Gasteiger partial charge in [0.1, 0.15) is 0 Å². The van der Waals surface area contributed by atoms with Gasteiger partial charge in [-0.3, -0.25) is 9.59 Å². The third-order valence-electron chi connectivity index (χ3n) is 6.89. The molecule has 0 bridgehead atoms. The summed E-state index contributed by atoms with van der Waals surface area (Å²) in [6.07, 6.45) is 8.85. The zero-order valence-corrected chi connectivity index (χ0v) is 18.8. The van der Waals surface area contributed by atoms with E-state index in [0.29, 0.717) is 23.7 Å². The van der Waals surface area contributed by atoms with Crippen LogP contribution in [0.1, 0.15) is 59.4 Å². The van der Waals surface area contributed by atoms with Gasteiger partial charge in [-0.1, -0.05) is 43.5 Å². The lowest BCUT2D eigenvalue weighted by Gasteiger charge is -2.34. The third kappa shape index (κ3) is 4.56. The van der Waals surface area contributed by atoms with E-state index < -0.39 is 0 Å². The van der Waals surface area contributed by atoms with Crippen LogP contribution >= 0.6 is 0 Å². The first-order valence-electron chi connectivity index (χ1n) is 12.0. The van der Waals surface area contributed by atoms with Gasteiger partial charge in [-0.15, -0.1) is 0 Å². The molecule has 1 saturated heterocycles. The number of nitrogens with one attached hydrogen (secondary N) is 2. The number of carbonyl (C=O) groups excluding carboxylic acids is 2. The molecule has 1 aliphatic heterocycles. The minimum Gasteiger partial charge on any atom is -0.371 e. The molecule has 33 heavy (non-hydrogen) atoms. The van der Waals surface area contributed by atoms with Crippen LogP contribution in [0.5, 0.6) is 0 Å². The second-order valence-corrected chi connectivity index (χ2v) is 9.09. The molecule has 1 saturated carbocycles. The summed E-state index contributed by atoms with van der Waals surface area (Å²) in [5.41, 5.74) is 2.44. The lowest BCUT2D eigenvalue weighted by Crippen LogP contribution is -2.37. The number of hydrogen-bond donors (Lipinski definition) is 2. The quantitative estimate of drug-likeness (QED) is 0.563. The fourth-order valence-electron chi connectivity index (χ4n) is 4.90. The Bertz CT molecular complexity index is 1170. The Balaban J connectivity index is 1.35. The van der Waals surface area contributed by atoms with E-state index in [1.54, 1.807) is 18.3 Å². The molecule has 2 aromatic carbocycles. The van der Waals surface area contributed by atoms with E-state index in [1.165, 1.54) is 25.7 Å². The normalized spacial score (nSPS) is 16.3. The van der Waals surface area contributed by atoms with Gasteiger partial charge in [-0.2, -0.15) is 0 Å². The first-order chi connectivity index (χ1) is 16.2. The lowest BCUT2D eigenvalue weighted by molar-refractivity contribution is 0.0939. The van der Waals surface area contributed by atoms with Gasteiger partial charge in [-0.05, 0) is 54.8 Å². The molecule has 2 N–H and O–H groups in total. The van der Waals surface area contributed by atoms with E-state index in [-0.39, 0.29) is 17.5 Å². The molecule has 0 radical (unpaired) electrons. The summed E-state index contributed by atoms with van der Waals surface area (Å²) in [6, 6.07) is 15.4. The maximum Gasteiger partial charge on any atom is 0.272 e. The minimum absolute atomic E-state index is 0.240. The third-order valence-corrected chi connectivity index (χ3v) is 6.89. The number of benzene rings is 2. The number of aromatic nitrogens is 1. The first kappa shape index (κ1) is 21.4. The lowest BCUT2D eigenvalue weighted by atomic mass is 9.89. The van der Waals surface area contributed by atoms with Gasteiger partial charge in [0.15, 0.2) is 5.69 Å². The largest absolute Gasteiger partial charge is 0.371 e. The number of rotatable bonds is 6. The molecule has 0 spiro atoms. The fraction of sp³-hybridized carbons (Fsp3) is 0.370. The highest BCUT2D eigenvalue weighted by Gasteiger charge is 2.22. The molecule has 2 fully saturated rings. The molecule has 2 heterocycles. The summed E-state index contributed by atoms with van der Waals surface area (Å²) < 4.78 is 0. The van der Waals surface area contributed by atoms with E-state index in [9.17, 15) is 9.59 Å². The summed E-state index contributed by atoms with van der Waals surface area (Å²) in [7, 11) is 0. The van der Waals surface area contributed by atoms with E-state index >= 15 is 0 Å². The molecule has 1 aliphatic carbocycles. The van der Waals surface area contributed by atoms with Crippen molar-refractivity contribution in [2.45, 2.75) is 38.5 Å². The van der Waals surface area contributed by atoms with Crippen molar-refractivity contribution in [3.05, 3.63) is 66.0 Å². The van der Waals surface area contributed by atoms with Crippen LogP contribution in [-0.4, -0.2) is 36.4 Å². The van der Waals surface area contributed by atoms with Gasteiger partial charge in [0.05, 0.1) is 5.69 Å². The van der Waals surface area contributed by atoms with E-state index in [1.807, 2.05) is 30.3 Å². The average molecular weight is 443 g/mol. The number of nitrogens with zero attached hydrogens (tertiary/aromatic N) is 2. The van der Waals surface area contributed by atoms with Crippen molar-refractivity contribution in [2.75, 3.05) is 29.9 Å². The summed E-state index contributed by atoms with van der Waals surface area (Å²) in [5.74, 6) is 0.0471. The Labute approximate surface area is 194 Å². The molecule has 5 rings (SSSR count). The molecule has 3 aromatic rings. The van der Waals surface area contributed by atoms with Crippen molar-refractivity contribution in [1.82, 2.24) is 10.3 Å². The van der Waals surface area contributed by atoms with E-state index in [4.69, 9.17) is 0 Å². The van der Waals surface area contributed by atoms with Crippen molar-refractivity contribution in [2.24, 2.45) is 5.92 Å². The highest BCUT2D eigenvalue weighted by molar-refractivity contribution is 6.16. The minimum atomic E-state index is -0.241. The monoisotopic (exact) mass is 442 g/mol. The Kier molecular flexibility index (Phi) is 6.24. The van der Waals surface area contributed by atoms with Crippen molar-refractivity contribution < 1.29 is 9.59 Å². The van der Waals surface area contributed by atoms with Crippen LogP contribution in [0, 0.1) is 5.92 Å². The first-order valence-corrected chi connectivity index (χ1v) is 12.0. The maximum absolute atomic E-state index is 13.3. The maximum atomic E-state index is 13.3. The van der Waals surface area contributed by atoms with Gasteiger partial charge in [0.2, 0.25) is 0 Å². The zero-order chi connectivity index (χ0) is 22.6. The molecule has 0 atom stereocenters. The van der Waals surface area contributed by atoms with Gasteiger partial charge in [-0.25, -0.2) is 4.98 Å². The molecule has 1 aromatic heterocycles. The van der Waals surface area contributed by atoms with E-state index in [0.717, 1.165) is 42.4 Å². The highest BCUT2D eigenvalue weighted by Crippen LogP contribution is 2.32. The summed E-state index contributed by atoms with van der Waals surface area (Å²) >= 11 is 0. The Morgan fingerprint density at radius 3 is 2.42 bits per heavy atom. The van der Waals surface area contributed by atoms with Gasteiger partial charge in [0, 0.05) is 42.5 Å². The van der Waals surface area contributed by atoms with Crippen LogP contribution in [0.4, 0.5) is 11.4 Å². The smallest absolute Gasteiger partial charge is 0.272 e. The molecule has 6 heteroatoms. The van der Waals surface area contributed by atoms with Crippen LogP contribution < -0.4 is 15.5 Å². The number of amides is 2. The van der Waals surface area contributed by atoms with Gasteiger partial charge < -0.3 is 15.5 Å². The van der Waals surface area contributed by atoms with Crippen molar-refractivity contribution in [3.8, 4) is 0 Å². The molecular weight excluding hydrogens is 412 g/mol.